The molecule has 49 heavy (non-hydrogen) atoms. The highest BCUT2D eigenvalue weighted by molar-refractivity contribution is 6.13. The monoisotopic (exact) mass is 665 g/mol. The van der Waals surface area contributed by atoms with Gasteiger partial charge in [0, 0.05) is 42.7 Å². The Morgan fingerprint density at radius 1 is 0.898 bits per heavy atom. The van der Waals surface area contributed by atoms with Gasteiger partial charge >= 0.3 is 12.2 Å². The quantitative estimate of drug-likeness (QED) is 0.263. The minimum atomic E-state index is -0.883. The zero-order valence-corrected chi connectivity index (χ0v) is 29.8. The number of benzene rings is 1. The van der Waals surface area contributed by atoms with Crippen LogP contribution < -0.4 is 9.80 Å². The molecule has 0 atom stereocenters. The van der Waals surface area contributed by atoms with Crippen molar-refractivity contribution < 1.29 is 23.9 Å². The van der Waals surface area contributed by atoms with Crippen LogP contribution in [-0.2, 0) is 19.7 Å². The summed E-state index contributed by atoms with van der Waals surface area (Å²) in [4.78, 5) is 55.4. The van der Waals surface area contributed by atoms with E-state index in [1.165, 1.54) is 19.3 Å². The first-order chi connectivity index (χ1) is 23.2. The Kier molecular flexibility index (Phi) is 9.18. The maximum atomic E-state index is 13.8. The van der Waals surface area contributed by atoms with Crippen LogP contribution in [0.4, 0.5) is 21.0 Å². The Labute approximate surface area is 289 Å². The van der Waals surface area contributed by atoms with Gasteiger partial charge in [-0.25, -0.2) is 14.6 Å². The molecule has 0 bridgehead atoms. The fourth-order valence-electron chi connectivity index (χ4n) is 6.96. The smallest absolute Gasteiger partial charge is 0.424 e. The number of nitrogens with zero attached hydrogens (tertiary/aromatic N) is 5. The third-order valence-electron chi connectivity index (χ3n) is 9.41. The highest BCUT2D eigenvalue weighted by Gasteiger charge is 2.54. The maximum Gasteiger partial charge on any atom is 0.424 e. The first-order valence-corrected chi connectivity index (χ1v) is 17.4. The van der Waals surface area contributed by atoms with Gasteiger partial charge in [0.1, 0.15) is 16.9 Å². The summed E-state index contributed by atoms with van der Waals surface area (Å²) < 4.78 is 11.4. The summed E-state index contributed by atoms with van der Waals surface area (Å²) in [5, 5.41) is 0.909. The summed E-state index contributed by atoms with van der Waals surface area (Å²) >= 11 is 0. The van der Waals surface area contributed by atoms with Gasteiger partial charge in [0.2, 0.25) is 5.91 Å². The second-order valence-corrected chi connectivity index (χ2v) is 15.4. The van der Waals surface area contributed by atoms with Crippen LogP contribution in [0.2, 0.25) is 0 Å². The van der Waals surface area contributed by atoms with Crippen molar-refractivity contribution in [2.45, 2.75) is 103 Å². The average Bonchev–Trinajstić information content (AvgIpc) is 3.25. The Morgan fingerprint density at radius 2 is 1.57 bits per heavy atom. The number of rotatable bonds is 4. The van der Waals surface area contributed by atoms with Crippen LogP contribution in [0.25, 0.3) is 22.0 Å². The summed E-state index contributed by atoms with van der Waals surface area (Å²) in [6.07, 6.45) is 8.63. The fraction of sp³-hybridized carbons (Fsp3) is 0.513. The van der Waals surface area contributed by atoms with Crippen LogP contribution >= 0.6 is 0 Å². The van der Waals surface area contributed by atoms with Crippen LogP contribution in [0.5, 0.6) is 0 Å². The standard InChI is InChI=1S/C39H47N5O5/c1-37(2,3)48-35(46)44(36(47)49-38(4,5)6)31-23-27(24-40-30(31)14-9-12-21-43-19-10-8-11-20-43)26-15-16-29-28(22-26)33-32(25-41-29)42(7)34(45)39(33)17-13-18-39/h15-16,22-25H,8,10-13,17-21H2,1-7H3. The number of likely N-dealkylation sites (tertiary alicyclic amines) is 1. The molecule has 3 aromatic rings. The van der Waals surface area contributed by atoms with Gasteiger partial charge in [0.15, 0.2) is 0 Å². The van der Waals surface area contributed by atoms with E-state index in [-0.39, 0.29) is 17.3 Å². The number of imide groups is 1. The van der Waals surface area contributed by atoms with E-state index in [0.29, 0.717) is 12.0 Å². The molecule has 2 aromatic heterocycles. The molecule has 1 saturated carbocycles. The van der Waals surface area contributed by atoms with Gasteiger partial charge < -0.3 is 19.3 Å². The molecule has 2 fully saturated rings. The molecule has 2 aliphatic heterocycles. The summed E-state index contributed by atoms with van der Waals surface area (Å²) in [7, 11) is 1.82. The van der Waals surface area contributed by atoms with Crippen LogP contribution in [0.1, 0.15) is 97.7 Å². The van der Waals surface area contributed by atoms with Crippen LogP contribution in [0, 0.1) is 11.8 Å². The van der Waals surface area contributed by atoms with Crippen molar-refractivity contribution in [2.24, 2.45) is 0 Å². The van der Waals surface area contributed by atoms with E-state index < -0.39 is 28.8 Å². The van der Waals surface area contributed by atoms with Crippen molar-refractivity contribution >= 4 is 40.4 Å². The lowest BCUT2D eigenvalue weighted by Crippen LogP contribution is -2.44. The van der Waals surface area contributed by atoms with Crippen LogP contribution in [-0.4, -0.2) is 70.8 Å². The van der Waals surface area contributed by atoms with Gasteiger partial charge in [-0.3, -0.25) is 9.78 Å². The Hall–Kier alpha value is -4.49. The minimum Gasteiger partial charge on any atom is -0.443 e. The molecular weight excluding hydrogens is 618 g/mol. The number of amides is 3. The van der Waals surface area contributed by atoms with Crippen LogP contribution in [0.3, 0.4) is 0 Å². The largest absolute Gasteiger partial charge is 0.443 e. The lowest BCUT2D eigenvalue weighted by atomic mass is 9.64. The fourth-order valence-corrected chi connectivity index (χ4v) is 6.96. The molecule has 1 saturated heterocycles. The molecule has 0 unspecified atom stereocenters. The van der Waals surface area contributed by atoms with E-state index in [9.17, 15) is 14.4 Å². The SMILES string of the molecule is CN1C(=O)C2(CCC2)c2c1cnc1ccc(-c3cnc(C#CCCN4CCCCC4)c(N(C(=O)OC(C)(C)C)C(=O)OC(C)(C)C)c3)cc21. The molecule has 1 spiro atoms. The summed E-state index contributed by atoms with van der Waals surface area (Å²) in [6.45, 7) is 13.4. The van der Waals surface area contributed by atoms with Crippen molar-refractivity contribution in [1.82, 2.24) is 14.9 Å². The number of aromatic nitrogens is 2. The van der Waals surface area contributed by atoms with Gasteiger partial charge in [-0.2, -0.15) is 4.90 Å². The van der Waals surface area contributed by atoms with Gasteiger partial charge in [0.05, 0.1) is 28.5 Å². The lowest BCUT2D eigenvalue weighted by Gasteiger charge is -2.37. The maximum absolute atomic E-state index is 13.8. The summed E-state index contributed by atoms with van der Waals surface area (Å²) in [5.74, 6) is 6.50. The molecule has 0 radical (unpaired) electrons. The Balaban J connectivity index is 1.45. The number of carbonyl (C=O) groups is 3. The van der Waals surface area contributed by atoms with E-state index in [2.05, 4.69) is 21.7 Å². The first kappa shape index (κ1) is 34.4. The molecule has 3 amide bonds. The molecule has 0 N–H and O–H groups in total. The van der Waals surface area contributed by atoms with Crippen molar-refractivity contribution in [1.29, 1.82) is 0 Å². The Bertz CT molecular complexity index is 1820. The predicted molar refractivity (Wildman–Crippen MR) is 191 cm³/mol. The van der Waals surface area contributed by atoms with E-state index in [1.807, 2.05) is 25.2 Å². The second kappa shape index (κ2) is 13.1. The topological polar surface area (TPSA) is 105 Å². The van der Waals surface area contributed by atoms with Crippen molar-refractivity contribution in [2.75, 3.05) is 36.5 Å². The van der Waals surface area contributed by atoms with Gasteiger partial charge in [-0.1, -0.05) is 24.8 Å². The number of hydrogen-bond acceptors (Lipinski definition) is 8. The van der Waals surface area contributed by atoms with Crippen molar-refractivity contribution in [3.05, 3.63) is 47.9 Å². The number of fused-ring (bicyclic) bond motifs is 4. The third kappa shape index (κ3) is 7.00. The molecule has 258 valence electrons. The highest BCUT2D eigenvalue weighted by atomic mass is 16.6. The van der Waals surface area contributed by atoms with E-state index >= 15 is 0 Å². The lowest BCUT2D eigenvalue weighted by molar-refractivity contribution is -0.125. The second-order valence-electron chi connectivity index (χ2n) is 15.4. The molecule has 1 aromatic carbocycles. The molecule has 6 rings (SSSR count). The predicted octanol–water partition coefficient (Wildman–Crippen LogP) is 7.60. The highest BCUT2D eigenvalue weighted by Crippen LogP contribution is 2.55. The first-order valence-electron chi connectivity index (χ1n) is 17.4. The molecule has 10 heteroatoms. The number of ether oxygens (including phenoxy) is 2. The van der Waals surface area contributed by atoms with Gasteiger partial charge in [-0.15, -0.1) is 0 Å². The average molecular weight is 666 g/mol. The van der Waals surface area contributed by atoms with Gasteiger partial charge in [-0.05, 0) is 110 Å². The van der Waals surface area contributed by atoms with E-state index in [0.717, 1.165) is 71.5 Å². The Morgan fingerprint density at radius 3 is 2.18 bits per heavy atom. The number of carbonyl (C=O) groups excluding carboxylic acids is 3. The summed E-state index contributed by atoms with van der Waals surface area (Å²) in [5.41, 5.74) is 2.27. The minimum absolute atomic E-state index is 0.117. The molecular formula is C39H47N5O5. The number of piperidine rings is 1. The van der Waals surface area contributed by atoms with Gasteiger partial charge in [0.25, 0.3) is 0 Å². The van der Waals surface area contributed by atoms with E-state index in [1.54, 1.807) is 64.9 Å². The van der Waals surface area contributed by atoms with E-state index in [4.69, 9.17) is 14.5 Å². The molecule has 10 nitrogen and oxygen atoms in total. The zero-order chi connectivity index (χ0) is 35.1. The number of hydrogen-bond donors (Lipinski definition) is 0. The molecule has 3 aliphatic rings. The number of pyridine rings is 2. The molecule has 1 aliphatic carbocycles. The van der Waals surface area contributed by atoms with Crippen LogP contribution in [0.15, 0.2) is 36.7 Å². The molecule has 4 heterocycles. The number of anilines is 2. The third-order valence-corrected chi connectivity index (χ3v) is 9.41. The van der Waals surface area contributed by atoms with Crippen molar-refractivity contribution in [3.63, 3.8) is 0 Å². The summed E-state index contributed by atoms with van der Waals surface area (Å²) in [6, 6.07) is 7.65. The van der Waals surface area contributed by atoms with Crippen molar-refractivity contribution in [3.8, 4) is 23.0 Å². The number of likely N-dealkylation sites (N-methyl/N-ethyl adjacent to an activating group) is 1. The zero-order valence-electron chi connectivity index (χ0n) is 29.8. The normalized spacial score (nSPS) is 17.3.